The van der Waals surface area contributed by atoms with Gasteiger partial charge in [0, 0.05) is 18.1 Å². The van der Waals surface area contributed by atoms with Crippen LogP contribution in [0.25, 0.3) is 0 Å². The van der Waals surface area contributed by atoms with Gasteiger partial charge in [-0.2, -0.15) is 5.26 Å². The van der Waals surface area contributed by atoms with Crippen LogP contribution in [0.1, 0.15) is 40.2 Å². The molecule has 0 spiro atoms. The minimum atomic E-state index is -4.00. The van der Waals surface area contributed by atoms with Crippen LogP contribution in [0.5, 0.6) is 0 Å². The highest BCUT2D eigenvalue weighted by atomic mass is 32.2. The maximum Gasteiger partial charge on any atom is 0.244 e. The lowest BCUT2D eigenvalue weighted by Crippen LogP contribution is -2.56. The Morgan fingerprint density at radius 1 is 0.932 bits per heavy atom. The maximum atomic E-state index is 13.5. The average Bonchev–Trinajstić information content (AvgIpc) is 3.53. The Kier molecular flexibility index (Phi) is 13.0. The van der Waals surface area contributed by atoms with Crippen molar-refractivity contribution in [1.82, 2.24) is 20.3 Å². The van der Waals surface area contributed by atoms with Crippen LogP contribution in [0.4, 0.5) is 0 Å². The number of hydrogen-bond donors (Lipinski definition) is 5. The van der Waals surface area contributed by atoms with Crippen molar-refractivity contribution in [2.75, 3.05) is 6.54 Å². The van der Waals surface area contributed by atoms with Crippen LogP contribution in [-0.4, -0.2) is 61.6 Å². The third kappa shape index (κ3) is 11.2. The SMILES string of the molecule is N#CC[C@H](NC(=O)[C@@H](Cc1ccccc1)NS(=O)(=O)Cc1ccccc1)C(=O)N[C@@H](CCCN=C(N)N)C(=O)c1nccs1. The second-order valence-electron chi connectivity index (χ2n) is 9.74. The molecule has 2 aromatic carbocycles. The van der Waals surface area contributed by atoms with Crippen molar-refractivity contribution in [1.29, 1.82) is 5.26 Å². The topological polar surface area (TPSA) is 223 Å². The van der Waals surface area contributed by atoms with Crippen molar-refractivity contribution >= 4 is 44.9 Å². The van der Waals surface area contributed by atoms with Gasteiger partial charge in [-0.3, -0.25) is 19.4 Å². The molecule has 0 bridgehead atoms. The number of amides is 2. The number of Topliss-reactive ketones (excluding diaryl/α,β-unsaturated/α-hetero) is 1. The minimum Gasteiger partial charge on any atom is -0.370 e. The Balaban J connectivity index is 1.78. The van der Waals surface area contributed by atoms with Gasteiger partial charge in [-0.15, -0.1) is 11.3 Å². The Morgan fingerprint density at radius 2 is 1.55 bits per heavy atom. The second kappa shape index (κ2) is 16.8. The van der Waals surface area contributed by atoms with E-state index >= 15 is 0 Å². The van der Waals surface area contributed by atoms with Crippen molar-refractivity contribution in [2.24, 2.45) is 16.5 Å². The first kappa shape index (κ1) is 33.8. The number of aliphatic imine (C=N–C) groups is 1. The van der Waals surface area contributed by atoms with Crippen LogP contribution in [0.3, 0.4) is 0 Å². The highest BCUT2D eigenvalue weighted by molar-refractivity contribution is 7.88. The normalized spacial score (nSPS) is 13.1. The van der Waals surface area contributed by atoms with Crippen molar-refractivity contribution in [3.05, 3.63) is 88.4 Å². The fraction of sp³-hybridized carbons (Fsp3) is 0.310. The third-order valence-corrected chi connectivity index (χ3v) is 8.41. The lowest BCUT2D eigenvalue weighted by atomic mass is 10.0. The highest BCUT2D eigenvalue weighted by Gasteiger charge is 2.31. The van der Waals surface area contributed by atoms with Crippen LogP contribution in [0.15, 0.2) is 77.2 Å². The summed E-state index contributed by atoms with van der Waals surface area (Å²) in [6.45, 7) is 0.211. The van der Waals surface area contributed by atoms with E-state index in [4.69, 9.17) is 11.5 Å². The van der Waals surface area contributed by atoms with Crippen LogP contribution < -0.4 is 26.8 Å². The van der Waals surface area contributed by atoms with Gasteiger partial charge in [0.1, 0.15) is 12.1 Å². The molecule has 0 saturated heterocycles. The van der Waals surface area contributed by atoms with Gasteiger partial charge in [-0.1, -0.05) is 60.7 Å². The molecule has 13 nitrogen and oxygen atoms in total. The largest absolute Gasteiger partial charge is 0.370 e. The Bertz CT molecular complexity index is 1560. The summed E-state index contributed by atoms with van der Waals surface area (Å²) in [4.78, 5) is 47.9. The zero-order valence-electron chi connectivity index (χ0n) is 23.8. The molecule has 3 atom stereocenters. The molecule has 1 aromatic heterocycles. The molecule has 7 N–H and O–H groups in total. The Labute approximate surface area is 259 Å². The third-order valence-electron chi connectivity index (χ3n) is 6.27. The number of sulfonamides is 1. The van der Waals surface area contributed by atoms with Crippen molar-refractivity contribution in [2.45, 2.75) is 49.6 Å². The number of rotatable bonds is 17. The number of carbonyl (C=O) groups is 3. The lowest BCUT2D eigenvalue weighted by Gasteiger charge is -2.24. The first-order valence-corrected chi connectivity index (χ1v) is 16.2. The highest BCUT2D eigenvalue weighted by Crippen LogP contribution is 2.13. The quantitative estimate of drug-likeness (QED) is 0.0615. The molecule has 3 rings (SSSR count). The zero-order valence-corrected chi connectivity index (χ0v) is 25.4. The van der Waals surface area contributed by atoms with E-state index in [1.54, 1.807) is 66.0 Å². The molecule has 0 radical (unpaired) electrons. The monoisotopic (exact) mass is 638 g/mol. The van der Waals surface area contributed by atoms with E-state index in [0.717, 1.165) is 11.3 Å². The number of nitrogens with zero attached hydrogens (tertiary/aromatic N) is 3. The summed E-state index contributed by atoms with van der Waals surface area (Å²) >= 11 is 1.10. The molecule has 0 saturated carbocycles. The van der Waals surface area contributed by atoms with E-state index < -0.39 is 52.2 Å². The number of aromatic nitrogens is 1. The smallest absolute Gasteiger partial charge is 0.244 e. The number of thiazole rings is 1. The fourth-order valence-electron chi connectivity index (χ4n) is 4.20. The van der Waals surface area contributed by atoms with E-state index in [-0.39, 0.29) is 36.1 Å². The molecule has 232 valence electrons. The summed E-state index contributed by atoms with van der Waals surface area (Å²) in [5.41, 5.74) is 11.9. The predicted octanol–water partition coefficient (Wildman–Crippen LogP) is 0.994. The molecular formula is C29H34N8O5S2. The summed E-state index contributed by atoms with van der Waals surface area (Å²) in [7, 11) is -4.00. The van der Waals surface area contributed by atoms with Crippen molar-refractivity contribution < 1.29 is 22.8 Å². The Morgan fingerprint density at radius 3 is 2.14 bits per heavy atom. The molecule has 1 heterocycles. The van der Waals surface area contributed by atoms with Crippen LogP contribution in [0.2, 0.25) is 0 Å². The number of benzene rings is 2. The molecule has 0 unspecified atom stereocenters. The number of nitrogens with two attached hydrogens (primary N) is 2. The standard InChI is InChI=1S/C29H34N8O5S2/c30-14-13-23(26(39)35-22(12-7-15-34-29(31)32)25(38)28-33-16-17-43-28)36-27(40)24(18-20-8-3-1-4-9-20)37-44(41,42)19-21-10-5-2-6-11-21/h1-6,8-11,16-17,22-24,37H,7,12-13,15,18-19H2,(H,35,39)(H,36,40)(H4,31,32,34)/t22-,23-,24+/m0/s1. The molecular weight excluding hydrogens is 605 g/mol. The Hall–Kier alpha value is -4.65. The van der Waals surface area contributed by atoms with Gasteiger partial charge in [0.2, 0.25) is 27.6 Å². The second-order valence-corrected chi connectivity index (χ2v) is 12.4. The minimum absolute atomic E-state index is 0.0163. The van der Waals surface area contributed by atoms with E-state index in [9.17, 15) is 28.1 Å². The number of carbonyl (C=O) groups excluding carboxylic acids is 3. The molecule has 0 aliphatic carbocycles. The summed E-state index contributed by atoms with van der Waals surface area (Å²) in [5, 5.41) is 16.4. The molecule has 3 aromatic rings. The summed E-state index contributed by atoms with van der Waals surface area (Å²) < 4.78 is 28.6. The van der Waals surface area contributed by atoms with Gasteiger partial charge < -0.3 is 22.1 Å². The average molecular weight is 639 g/mol. The molecule has 2 amide bonds. The van der Waals surface area contributed by atoms with Crippen LogP contribution in [0, 0.1) is 11.3 Å². The lowest BCUT2D eigenvalue weighted by molar-refractivity contribution is -0.130. The van der Waals surface area contributed by atoms with Gasteiger partial charge in [-0.25, -0.2) is 18.1 Å². The summed E-state index contributed by atoms with van der Waals surface area (Å²) in [5.74, 6) is -2.53. The molecule has 0 aliphatic heterocycles. The summed E-state index contributed by atoms with van der Waals surface area (Å²) in [6.07, 6.45) is 1.51. The van der Waals surface area contributed by atoms with Gasteiger partial charge in [0.25, 0.3) is 0 Å². The fourth-order valence-corrected chi connectivity index (χ4v) is 6.17. The number of ketones is 1. The van der Waals surface area contributed by atoms with Crippen LogP contribution >= 0.6 is 11.3 Å². The van der Waals surface area contributed by atoms with E-state index in [1.165, 1.54) is 6.20 Å². The van der Waals surface area contributed by atoms with Gasteiger partial charge >= 0.3 is 0 Å². The first-order valence-electron chi connectivity index (χ1n) is 13.6. The van der Waals surface area contributed by atoms with Crippen molar-refractivity contribution in [3.8, 4) is 6.07 Å². The van der Waals surface area contributed by atoms with Crippen LogP contribution in [-0.2, 0) is 31.8 Å². The van der Waals surface area contributed by atoms with E-state index in [2.05, 4.69) is 25.3 Å². The van der Waals surface area contributed by atoms with Crippen molar-refractivity contribution in [3.63, 3.8) is 0 Å². The first-order chi connectivity index (χ1) is 21.1. The van der Waals surface area contributed by atoms with Gasteiger partial charge in [0.15, 0.2) is 11.0 Å². The van der Waals surface area contributed by atoms with Gasteiger partial charge in [0.05, 0.1) is 24.3 Å². The molecule has 0 fully saturated rings. The number of hydrogen-bond acceptors (Lipinski definition) is 9. The molecule has 44 heavy (non-hydrogen) atoms. The number of nitriles is 1. The summed E-state index contributed by atoms with van der Waals surface area (Å²) in [6, 6.07) is 15.4. The molecule has 0 aliphatic rings. The van der Waals surface area contributed by atoms with E-state index in [0.29, 0.717) is 17.5 Å². The van der Waals surface area contributed by atoms with Gasteiger partial charge in [-0.05, 0) is 30.4 Å². The maximum absolute atomic E-state index is 13.5. The molecule has 15 heteroatoms. The van der Waals surface area contributed by atoms with E-state index in [1.807, 2.05) is 6.07 Å². The zero-order chi connectivity index (χ0) is 32.0. The number of nitrogens with one attached hydrogen (secondary N) is 3. The predicted molar refractivity (Wildman–Crippen MR) is 167 cm³/mol. The number of guanidine groups is 1.